The Morgan fingerprint density at radius 1 is 1.13 bits per heavy atom. The Bertz CT molecular complexity index is 631. The quantitative estimate of drug-likeness (QED) is 0.793. The largest absolute Gasteiger partial charge is 0.367 e. The van der Waals surface area contributed by atoms with Gasteiger partial charge in [-0.2, -0.15) is 0 Å². The molecule has 1 aliphatic rings. The molecule has 124 valence electrons. The monoisotopic (exact) mass is 311 g/mol. The molecule has 0 spiro atoms. The third-order valence-electron chi connectivity index (χ3n) is 4.99. The second-order valence-electron chi connectivity index (χ2n) is 7.34. The average Bonchev–Trinajstić information content (AvgIpc) is 3.15. The van der Waals surface area contributed by atoms with Crippen LogP contribution in [-0.2, 0) is 0 Å². The molecule has 0 bridgehead atoms. The lowest BCUT2D eigenvalue weighted by Gasteiger charge is -2.33. The van der Waals surface area contributed by atoms with E-state index in [4.69, 9.17) is 0 Å². The molecule has 1 saturated carbocycles. The number of nitrogens with one attached hydrogen (secondary N) is 1. The van der Waals surface area contributed by atoms with Gasteiger partial charge in [0.15, 0.2) is 0 Å². The Morgan fingerprint density at radius 3 is 2.30 bits per heavy atom. The van der Waals surface area contributed by atoms with Gasteiger partial charge in [-0.25, -0.2) is 4.98 Å². The topological polar surface area (TPSA) is 31.9 Å². The van der Waals surface area contributed by atoms with Crippen molar-refractivity contribution in [2.75, 3.05) is 4.90 Å². The lowest BCUT2D eigenvalue weighted by atomic mass is 10.1. The molecule has 23 heavy (non-hydrogen) atoms. The van der Waals surface area contributed by atoms with Crippen molar-refractivity contribution in [1.82, 2.24) is 9.97 Å². The minimum Gasteiger partial charge on any atom is -0.367 e. The highest BCUT2D eigenvalue weighted by atomic mass is 15.2. The summed E-state index contributed by atoms with van der Waals surface area (Å²) in [6, 6.07) is 9.78. The highest BCUT2D eigenvalue weighted by molar-refractivity contribution is 5.61. The summed E-state index contributed by atoms with van der Waals surface area (Å²) in [4.78, 5) is 10.6. The van der Waals surface area contributed by atoms with Gasteiger partial charge < -0.3 is 9.88 Å². The summed E-state index contributed by atoms with van der Waals surface area (Å²) in [6.07, 6.45) is 4.61. The highest BCUT2D eigenvalue weighted by Crippen LogP contribution is 2.48. The normalized spacial score (nSPS) is 20.3. The minimum atomic E-state index is 0.497. The fourth-order valence-electron chi connectivity index (χ4n) is 3.73. The molecule has 3 rings (SSSR count). The van der Waals surface area contributed by atoms with E-state index >= 15 is 0 Å². The van der Waals surface area contributed by atoms with Crippen molar-refractivity contribution in [3.63, 3.8) is 0 Å². The molecule has 3 heteroatoms. The molecule has 1 aromatic carbocycles. The maximum absolute atomic E-state index is 4.59. The van der Waals surface area contributed by atoms with E-state index in [1.807, 2.05) is 6.20 Å². The zero-order chi connectivity index (χ0) is 16.6. The SMILES string of the molecule is CCC1CC1c1cnc(-c2ccc(N(C(C)C)C(C)C)cc2)[nH]1. The number of aromatic nitrogens is 2. The zero-order valence-electron chi connectivity index (χ0n) is 15.0. The first-order valence-corrected chi connectivity index (χ1v) is 8.95. The van der Waals surface area contributed by atoms with E-state index < -0.39 is 0 Å². The first kappa shape index (κ1) is 16.1. The van der Waals surface area contributed by atoms with Crippen LogP contribution in [0, 0.1) is 5.92 Å². The molecule has 2 aromatic rings. The van der Waals surface area contributed by atoms with Gasteiger partial charge in [-0.1, -0.05) is 13.3 Å². The van der Waals surface area contributed by atoms with Crippen LogP contribution in [0.4, 0.5) is 5.69 Å². The fraction of sp³-hybridized carbons (Fsp3) is 0.550. The van der Waals surface area contributed by atoms with Gasteiger partial charge in [0, 0.05) is 41.1 Å². The van der Waals surface area contributed by atoms with Crippen LogP contribution >= 0.6 is 0 Å². The predicted octanol–water partition coefficient (Wildman–Crippen LogP) is 5.21. The number of benzene rings is 1. The van der Waals surface area contributed by atoms with E-state index in [1.54, 1.807) is 0 Å². The molecule has 1 aliphatic carbocycles. The van der Waals surface area contributed by atoms with Crippen LogP contribution in [0.1, 0.15) is 59.1 Å². The van der Waals surface area contributed by atoms with Gasteiger partial charge >= 0.3 is 0 Å². The van der Waals surface area contributed by atoms with Crippen LogP contribution in [0.15, 0.2) is 30.5 Å². The molecule has 2 unspecified atom stereocenters. The number of hydrogen-bond acceptors (Lipinski definition) is 2. The number of nitrogens with zero attached hydrogens (tertiary/aromatic N) is 2. The van der Waals surface area contributed by atoms with Crippen molar-refractivity contribution >= 4 is 5.69 Å². The van der Waals surface area contributed by atoms with Crippen LogP contribution < -0.4 is 4.90 Å². The van der Waals surface area contributed by atoms with E-state index in [-0.39, 0.29) is 0 Å². The van der Waals surface area contributed by atoms with Gasteiger partial charge in [0.2, 0.25) is 0 Å². The van der Waals surface area contributed by atoms with Crippen LogP contribution in [-0.4, -0.2) is 22.1 Å². The third kappa shape index (κ3) is 3.29. The summed E-state index contributed by atoms with van der Waals surface area (Å²) < 4.78 is 0. The molecule has 0 radical (unpaired) electrons. The molecule has 0 aliphatic heterocycles. The van der Waals surface area contributed by atoms with Crippen molar-refractivity contribution in [3.8, 4) is 11.4 Å². The maximum atomic E-state index is 4.59. The Labute approximate surface area is 140 Å². The highest BCUT2D eigenvalue weighted by Gasteiger charge is 2.37. The van der Waals surface area contributed by atoms with E-state index in [9.17, 15) is 0 Å². The zero-order valence-corrected chi connectivity index (χ0v) is 15.0. The molecule has 1 aromatic heterocycles. The van der Waals surface area contributed by atoms with Crippen LogP contribution in [0.2, 0.25) is 0 Å². The Kier molecular flexibility index (Phi) is 4.47. The Balaban J connectivity index is 1.77. The van der Waals surface area contributed by atoms with Gasteiger partial charge in [-0.05, 0) is 64.3 Å². The summed E-state index contributed by atoms with van der Waals surface area (Å²) in [5.41, 5.74) is 3.75. The summed E-state index contributed by atoms with van der Waals surface area (Å²) in [6.45, 7) is 11.2. The fourth-order valence-corrected chi connectivity index (χ4v) is 3.73. The van der Waals surface area contributed by atoms with E-state index in [1.165, 1.54) is 29.8 Å². The molecular formula is C20H29N3. The summed E-state index contributed by atoms with van der Waals surface area (Å²) >= 11 is 0. The molecule has 3 nitrogen and oxygen atoms in total. The second kappa shape index (κ2) is 6.38. The standard InChI is InChI=1S/C20H29N3/c1-6-15-11-18(15)19-12-21-20(22-19)16-7-9-17(10-8-16)23(13(2)3)14(4)5/h7-10,12-15,18H,6,11H2,1-5H3,(H,21,22). The molecular weight excluding hydrogens is 282 g/mol. The van der Waals surface area contributed by atoms with Crippen LogP contribution in [0.3, 0.4) is 0 Å². The number of hydrogen-bond donors (Lipinski definition) is 1. The first-order valence-electron chi connectivity index (χ1n) is 8.95. The van der Waals surface area contributed by atoms with Crippen molar-refractivity contribution in [3.05, 3.63) is 36.2 Å². The molecule has 1 N–H and O–H groups in total. The lowest BCUT2D eigenvalue weighted by Crippen LogP contribution is -2.36. The number of aromatic amines is 1. The van der Waals surface area contributed by atoms with Gasteiger partial charge in [0.25, 0.3) is 0 Å². The Morgan fingerprint density at radius 2 is 1.78 bits per heavy atom. The minimum absolute atomic E-state index is 0.497. The third-order valence-corrected chi connectivity index (χ3v) is 4.99. The Hall–Kier alpha value is -1.77. The number of anilines is 1. The smallest absolute Gasteiger partial charge is 0.137 e. The van der Waals surface area contributed by atoms with Gasteiger partial charge in [-0.15, -0.1) is 0 Å². The maximum Gasteiger partial charge on any atom is 0.137 e. The summed E-state index contributed by atoms with van der Waals surface area (Å²) in [5, 5.41) is 0. The van der Waals surface area contributed by atoms with Crippen LogP contribution in [0.25, 0.3) is 11.4 Å². The predicted molar refractivity (Wildman–Crippen MR) is 97.9 cm³/mol. The number of H-pyrrole nitrogens is 1. The first-order chi connectivity index (χ1) is 11.0. The molecule has 0 saturated heterocycles. The summed E-state index contributed by atoms with van der Waals surface area (Å²) in [7, 11) is 0. The van der Waals surface area contributed by atoms with E-state index in [2.05, 4.69) is 73.8 Å². The van der Waals surface area contributed by atoms with Gasteiger partial charge in [0.1, 0.15) is 5.82 Å². The van der Waals surface area contributed by atoms with Crippen molar-refractivity contribution < 1.29 is 0 Å². The average molecular weight is 311 g/mol. The van der Waals surface area contributed by atoms with E-state index in [0.29, 0.717) is 18.0 Å². The lowest BCUT2D eigenvalue weighted by molar-refractivity contribution is 0.608. The number of imidazole rings is 1. The molecule has 2 atom stereocenters. The second-order valence-corrected chi connectivity index (χ2v) is 7.34. The molecule has 1 heterocycles. The molecule has 1 fully saturated rings. The van der Waals surface area contributed by atoms with E-state index in [0.717, 1.165) is 11.7 Å². The van der Waals surface area contributed by atoms with Gasteiger partial charge in [0.05, 0.1) is 0 Å². The van der Waals surface area contributed by atoms with Crippen molar-refractivity contribution in [2.24, 2.45) is 5.92 Å². The molecule has 0 amide bonds. The summed E-state index contributed by atoms with van der Waals surface area (Å²) in [5.74, 6) is 2.56. The van der Waals surface area contributed by atoms with Crippen molar-refractivity contribution in [2.45, 2.75) is 65.5 Å². The van der Waals surface area contributed by atoms with Crippen LogP contribution in [0.5, 0.6) is 0 Å². The van der Waals surface area contributed by atoms with Gasteiger partial charge in [-0.3, -0.25) is 0 Å². The number of rotatable bonds is 6. The van der Waals surface area contributed by atoms with Crippen molar-refractivity contribution in [1.29, 1.82) is 0 Å².